The molecule has 3 nitrogen and oxygen atoms in total. The highest BCUT2D eigenvalue weighted by atomic mass is 79.9. The standard InChI is InChI=1S/C12H15BrO3/c1-3-16-12-5-4-9(13)7-10(12)11(15)6-8(2)14/h4-5,7,11,15H,3,6H2,1-2H3. The summed E-state index contributed by atoms with van der Waals surface area (Å²) >= 11 is 3.33. The molecule has 1 N–H and O–H groups in total. The highest BCUT2D eigenvalue weighted by Crippen LogP contribution is 2.30. The normalized spacial score (nSPS) is 12.2. The number of Topliss-reactive ketones (excluding diaryl/α,β-unsaturated/α-hetero) is 1. The van der Waals surface area contributed by atoms with E-state index in [1.807, 2.05) is 13.0 Å². The van der Waals surface area contributed by atoms with Gasteiger partial charge < -0.3 is 9.84 Å². The first-order valence-corrected chi connectivity index (χ1v) is 5.93. The molecular formula is C12H15BrO3. The summed E-state index contributed by atoms with van der Waals surface area (Å²) in [5.74, 6) is 0.578. The van der Waals surface area contributed by atoms with Gasteiger partial charge in [0.2, 0.25) is 0 Å². The predicted molar refractivity (Wildman–Crippen MR) is 65.6 cm³/mol. The Bertz CT molecular complexity index is 377. The van der Waals surface area contributed by atoms with Gasteiger partial charge in [-0.3, -0.25) is 4.79 Å². The summed E-state index contributed by atoms with van der Waals surface area (Å²) in [5.41, 5.74) is 0.645. The fourth-order valence-corrected chi connectivity index (χ4v) is 1.83. The van der Waals surface area contributed by atoms with Crippen LogP contribution in [0.2, 0.25) is 0 Å². The van der Waals surface area contributed by atoms with Gasteiger partial charge in [0.15, 0.2) is 0 Å². The van der Waals surface area contributed by atoms with Gasteiger partial charge in [0.25, 0.3) is 0 Å². The smallest absolute Gasteiger partial charge is 0.132 e. The van der Waals surface area contributed by atoms with Crippen molar-refractivity contribution in [1.29, 1.82) is 0 Å². The second-order valence-electron chi connectivity index (χ2n) is 3.54. The first-order chi connectivity index (χ1) is 7.54. The zero-order valence-electron chi connectivity index (χ0n) is 9.37. The van der Waals surface area contributed by atoms with E-state index in [1.165, 1.54) is 6.92 Å². The van der Waals surface area contributed by atoms with Crippen LogP contribution >= 0.6 is 15.9 Å². The number of aliphatic hydroxyl groups is 1. The summed E-state index contributed by atoms with van der Waals surface area (Å²) in [4.78, 5) is 11.0. The third-order valence-corrected chi connectivity index (χ3v) is 2.60. The molecular weight excluding hydrogens is 272 g/mol. The lowest BCUT2D eigenvalue weighted by Crippen LogP contribution is -2.06. The van der Waals surface area contributed by atoms with Crippen LogP contribution < -0.4 is 4.74 Å². The average molecular weight is 287 g/mol. The molecule has 0 saturated heterocycles. The molecule has 1 aromatic carbocycles. The van der Waals surface area contributed by atoms with Gasteiger partial charge >= 0.3 is 0 Å². The van der Waals surface area contributed by atoms with E-state index >= 15 is 0 Å². The second-order valence-corrected chi connectivity index (χ2v) is 4.45. The van der Waals surface area contributed by atoms with Gasteiger partial charge in [-0.1, -0.05) is 15.9 Å². The van der Waals surface area contributed by atoms with Crippen molar-refractivity contribution >= 4 is 21.7 Å². The van der Waals surface area contributed by atoms with Crippen LogP contribution in [0.25, 0.3) is 0 Å². The Balaban J connectivity index is 2.98. The first-order valence-electron chi connectivity index (χ1n) is 5.14. The third kappa shape index (κ3) is 3.61. The van der Waals surface area contributed by atoms with Crippen LogP contribution in [-0.2, 0) is 4.79 Å². The third-order valence-electron chi connectivity index (χ3n) is 2.11. The Morgan fingerprint density at radius 3 is 2.81 bits per heavy atom. The van der Waals surface area contributed by atoms with Gasteiger partial charge in [-0.05, 0) is 32.0 Å². The van der Waals surface area contributed by atoms with E-state index in [-0.39, 0.29) is 12.2 Å². The summed E-state index contributed by atoms with van der Waals surface area (Å²) in [5, 5.41) is 9.90. The minimum atomic E-state index is -0.809. The molecule has 4 heteroatoms. The molecule has 0 fully saturated rings. The molecule has 0 aliphatic carbocycles. The molecule has 1 atom stereocenters. The molecule has 88 valence electrons. The Labute approximate surface area is 104 Å². The lowest BCUT2D eigenvalue weighted by Gasteiger charge is -2.15. The molecule has 16 heavy (non-hydrogen) atoms. The highest BCUT2D eigenvalue weighted by molar-refractivity contribution is 9.10. The Morgan fingerprint density at radius 1 is 1.56 bits per heavy atom. The molecule has 0 saturated carbocycles. The van der Waals surface area contributed by atoms with E-state index in [0.29, 0.717) is 17.9 Å². The maximum absolute atomic E-state index is 11.0. The molecule has 0 aromatic heterocycles. The van der Waals surface area contributed by atoms with Crippen LogP contribution in [0.3, 0.4) is 0 Å². The van der Waals surface area contributed by atoms with Crippen LogP contribution in [0, 0.1) is 0 Å². The minimum absolute atomic E-state index is 0.0464. The number of ketones is 1. The molecule has 1 unspecified atom stereocenters. The fraction of sp³-hybridized carbons (Fsp3) is 0.417. The summed E-state index contributed by atoms with van der Waals surface area (Å²) in [6.07, 6.45) is -0.701. The monoisotopic (exact) mass is 286 g/mol. The number of carbonyl (C=O) groups is 1. The van der Waals surface area contributed by atoms with E-state index < -0.39 is 6.10 Å². The molecule has 0 aliphatic heterocycles. The van der Waals surface area contributed by atoms with E-state index in [1.54, 1.807) is 12.1 Å². The number of hydrogen-bond acceptors (Lipinski definition) is 3. The lowest BCUT2D eigenvalue weighted by molar-refractivity contribution is -0.118. The van der Waals surface area contributed by atoms with Crippen molar-refractivity contribution < 1.29 is 14.6 Å². The molecule has 0 amide bonds. The number of rotatable bonds is 5. The van der Waals surface area contributed by atoms with Crippen LogP contribution in [0.4, 0.5) is 0 Å². The Kier molecular flexibility index (Phi) is 4.96. The Morgan fingerprint density at radius 2 is 2.25 bits per heavy atom. The van der Waals surface area contributed by atoms with Gasteiger partial charge in [-0.15, -0.1) is 0 Å². The molecule has 0 heterocycles. The zero-order chi connectivity index (χ0) is 12.1. The number of halogens is 1. The Hall–Kier alpha value is -0.870. The van der Waals surface area contributed by atoms with Crippen molar-refractivity contribution in [2.75, 3.05) is 6.61 Å². The number of aliphatic hydroxyl groups excluding tert-OH is 1. The summed E-state index contributed by atoms with van der Waals surface area (Å²) in [6.45, 7) is 3.87. The highest BCUT2D eigenvalue weighted by Gasteiger charge is 2.15. The van der Waals surface area contributed by atoms with Gasteiger partial charge in [0.1, 0.15) is 11.5 Å². The summed E-state index contributed by atoms with van der Waals surface area (Å²) < 4.78 is 6.26. The van der Waals surface area contributed by atoms with Crippen molar-refractivity contribution in [3.05, 3.63) is 28.2 Å². The van der Waals surface area contributed by atoms with Crippen molar-refractivity contribution in [2.24, 2.45) is 0 Å². The van der Waals surface area contributed by atoms with Crippen molar-refractivity contribution in [1.82, 2.24) is 0 Å². The predicted octanol–water partition coefficient (Wildman–Crippen LogP) is 2.86. The number of ether oxygens (including phenoxy) is 1. The maximum Gasteiger partial charge on any atom is 0.132 e. The minimum Gasteiger partial charge on any atom is -0.493 e. The lowest BCUT2D eigenvalue weighted by atomic mass is 10.0. The van der Waals surface area contributed by atoms with Crippen LogP contribution in [0.15, 0.2) is 22.7 Å². The van der Waals surface area contributed by atoms with Gasteiger partial charge in [0.05, 0.1) is 12.7 Å². The largest absolute Gasteiger partial charge is 0.493 e. The van der Waals surface area contributed by atoms with Gasteiger partial charge in [0, 0.05) is 16.5 Å². The molecule has 0 spiro atoms. The van der Waals surface area contributed by atoms with E-state index in [4.69, 9.17) is 4.74 Å². The van der Waals surface area contributed by atoms with Gasteiger partial charge in [-0.2, -0.15) is 0 Å². The molecule has 0 radical (unpaired) electrons. The SMILES string of the molecule is CCOc1ccc(Br)cc1C(O)CC(C)=O. The summed E-state index contributed by atoms with van der Waals surface area (Å²) in [7, 11) is 0. The number of benzene rings is 1. The number of carbonyl (C=O) groups excluding carboxylic acids is 1. The van der Waals surface area contributed by atoms with E-state index in [2.05, 4.69) is 15.9 Å². The van der Waals surface area contributed by atoms with E-state index in [9.17, 15) is 9.90 Å². The van der Waals surface area contributed by atoms with Crippen LogP contribution in [0.5, 0.6) is 5.75 Å². The van der Waals surface area contributed by atoms with Crippen molar-refractivity contribution in [3.8, 4) is 5.75 Å². The topological polar surface area (TPSA) is 46.5 Å². The summed E-state index contributed by atoms with van der Waals surface area (Å²) in [6, 6.07) is 5.40. The molecule has 1 aromatic rings. The van der Waals surface area contributed by atoms with Crippen LogP contribution in [-0.4, -0.2) is 17.5 Å². The number of hydrogen-bond donors (Lipinski definition) is 1. The van der Waals surface area contributed by atoms with Crippen LogP contribution in [0.1, 0.15) is 31.9 Å². The molecule has 0 aliphatic rings. The van der Waals surface area contributed by atoms with Gasteiger partial charge in [-0.25, -0.2) is 0 Å². The average Bonchev–Trinajstić information content (AvgIpc) is 2.20. The molecule has 1 rings (SSSR count). The van der Waals surface area contributed by atoms with Crippen molar-refractivity contribution in [3.63, 3.8) is 0 Å². The van der Waals surface area contributed by atoms with Crippen molar-refractivity contribution in [2.45, 2.75) is 26.4 Å². The zero-order valence-corrected chi connectivity index (χ0v) is 11.0. The maximum atomic E-state index is 11.0. The quantitative estimate of drug-likeness (QED) is 0.905. The molecule has 0 bridgehead atoms. The second kappa shape index (κ2) is 6.01. The fourth-order valence-electron chi connectivity index (χ4n) is 1.45. The first kappa shape index (κ1) is 13.2. The van der Waals surface area contributed by atoms with E-state index in [0.717, 1.165) is 4.47 Å².